The zero-order valence-electron chi connectivity index (χ0n) is 11.9. The summed E-state index contributed by atoms with van der Waals surface area (Å²) >= 11 is 0. The third-order valence-corrected chi connectivity index (χ3v) is 5.18. The highest BCUT2D eigenvalue weighted by molar-refractivity contribution is 6.03. The number of aromatic hydroxyl groups is 1. The number of hydrogen-bond donors (Lipinski definition) is 1. The second-order valence-corrected chi connectivity index (χ2v) is 6.30. The first kappa shape index (κ1) is 12.6. The molecule has 0 saturated heterocycles. The monoisotopic (exact) mass is 278 g/mol. The van der Waals surface area contributed by atoms with Crippen LogP contribution in [0.2, 0.25) is 0 Å². The molecule has 1 saturated carbocycles. The Hall–Kier alpha value is -2.09. The Balaban J connectivity index is 1.70. The molecule has 2 nitrogen and oxygen atoms in total. The summed E-state index contributed by atoms with van der Waals surface area (Å²) in [6.45, 7) is 0. The van der Waals surface area contributed by atoms with Crippen molar-refractivity contribution in [1.29, 1.82) is 0 Å². The van der Waals surface area contributed by atoms with Gasteiger partial charge in [-0.1, -0.05) is 36.4 Å². The molecule has 2 aliphatic carbocycles. The summed E-state index contributed by atoms with van der Waals surface area (Å²) in [5.41, 5.74) is 3.28. The van der Waals surface area contributed by atoms with Gasteiger partial charge in [-0.25, -0.2) is 0 Å². The number of phenolic OH excluding ortho intramolecular Hbond substituents is 1. The molecule has 21 heavy (non-hydrogen) atoms. The van der Waals surface area contributed by atoms with E-state index in [1.165, 1.54) is 11.1 Å². The Bertz CT molecular complexity index is 719. The van der Waals surface area contributed by atoms with Crippen LogP contribution >= 0.6 is 0 Å². The zero-order chi connectivity index (χ0) is 14.4. The van der Waals surface area contributed by atoms with Gasteiger partial charge < -0.3 is 5.11 Å². The Morgan fingerprint density at radius 1 is 1.10 bits per heavy atom. The molecule has 1 N–H and O–H groups in total. The summed E-state index contributed by atoms with van der Waals surface area (Å²) in [5.74, 6) is 0.241. The summed E-state index contributed by atoms with van der Waals surface area (Å²) in [6, 6.07) is 15.4. The summed E-state index contributed by atoms with van der Waals surface area (Å²) in [4.78, 5) is 12.8. The molecule has 0 heterocycles. The number of Topliss-reactive ketones (excluding diaryl/α,β-unsaturated/α-hetero) is 1. The molecule has 2 heteroatoms. The van der Waals surface area contributed by atoms with Gasteiger partial charge in [0.2, 0.25) is 0 Å². The first-order valence-corrected chi connectivity index (χ1v) is 7.63. The van der Waals surface area contributed by atoms with Crippen molar-refractivity contribution in [3.05, 3.63) is 65.2 Å². The van der Waals surface area contributed by atoms with Crippen molar-refractivity contribution < 1.29 is 9.90 Å². The minimum Gasteiger partial charge on any atom is -0.507 e. The molecule has 0 aromatic heterocycles. The predicted octanol–water partition coefficient (Wildman–Crippen LogP) is 3.87. The standard InChI is InChI=1S/C19H18O2/c20-17-10-4-2-8-14(17)18(21)16-12-19(16)11-5-7-13-6-1-3-9-15(13)19/h1-4,6,8-10,16,20H,5,7,11-12H2/t16-,19-/m1/s1. The lowest BCUT2D eigenvalue weighted by molar-refractivity contribution is 0.0953. The minimum atomic E-state index is 0.0345. The average Bonchev–Trinajstić information content (AvgIpc) is 3.22. The molecule has 2 aromatic carbocycles. The molecule has 1 spiro atoms. The molecule has 0 aliphatic heterocycles. The summed E-state index contributed by atoms with van der Waals surface area (Å²) in [5, 5.41) is 9.92. The maximum atomic E-state index is 12.8. The van der Waals surface area contributed by atoms with E-state index < -0.39 is 0 Å². The summed E-state index contributed by atoms with van der Waals surface area (Å²) in [6.07, 6.45) is 4.29. The quantitative estimate of drug-likeness (QED) is 0.847. The first-order chi connectivity index (χ1) is 10.2. The van der Waals surface area contributed by atoms with Crippen LogP contribution < -0.4 is 0 Å². The highest BCUT2D eigenvalue weighted by Gasteiger charge is 2.60. The SMILES string of the molecule is O=C(c1ccccc1O)[C@H]1C[C@@]12CCCc1ccccc12. The number of phenols is 1. The van der Waals surface area contributed by atoms with Crippen LogP contribution in [0.3, 0.4) is 0 Å². The highest BCUT2D eigenvalue weighted by Crippen LogP contribution is 2.61. The van der Waals surface area contributed by atoms with Crippen LogP contribution in [0, 0.1) is 5.92 Å². The van der Waals surface area contributed by atoms with E-state index in [4.69, 9.17) is 0 Å². The van der Waals surface area contributed by atoms with E-state index >= 15 is 0 Å². The first-order valence-electron chi connectivity index (χ1n) is 7.63. The van der Waals surface area contributed by atoms with Crippen LogP contribution in [0.1, 0.15) is 40.7 Å². The second-order valence-electron chi connectivity index (χ2n) is 6.30. The van der Waals surface area contributed by atoms with Crippen LogP contribution in [0.4, 0.5) is 0 Å². The van der Waals surface area contributed by atoms with Crippen molar-refractivity contribution in [1.82, 2.24) is 0 Å². The molecular formula is C19H18O2. The fraction of sp³-hybridized carbons (Fsp3) is 0.316. The topological polar surface area (TPSA) is 37.3 Å². The van der Waals surface area contributed by atoms with E-state index in [-0.39, 0.29) is 22.9 Å². The molecular weight excluding hydrogens is 260 g/mol. The Morgan fingerprint density at radius 3 is 2.71 bits per heavy atom. The van der Waals surface area contributed by atoms with Crippen molar-refractivity contribution in [3.8, 4) is 5.75 Å². The van der Waals surface area contributed by atoms with Crippen LogP contribution in [0.25, 0.3) is 0 Å². The van der Waals surface area contributed by atoms with E-state index in [0.29, 0.717) is 5.56 Å². The van der Waals surface area contributed by atoms with Gasteiger partial charge in [0.15, 0.2) is 5.78 Å². The van der Waals surface area contributed by atoms with Crippen molar-refractivity contribution >= 4 is 5.78 Å². The van der Waals surface area contributed by atoms with Crippen LogP contribution in [0.5, 0.6) is 5.75 Å². The average molecular weight is 278 g/mol. The molecule has 106 valence electrons. The predicted molar refractivity (Wildman–Crippen MR) is 81.6 cm³/mol. The highest BCUT2D eigenvalue weighted by atomic mass is 16.3. The minimum absolute atomic E-state index is 0.0345. The van der Waals surface area contributed by atoms with Gasteiger partial charge in [-0.2, -0.15) is 0 Å². The molecule has 4 rings (SSSR count). The number of carbonyl (C=O) groups is 1. The van der Waals surface area contributed by atoms with Gasteiger partial charge in [0.25, 0.3) is 0 Å². The molecule has 0 amide bonds. The second kappa shape index (κ2) is 4.45. The lowest BCUT2D eigenvalue weighted by Gasteiger charge is -2.26. The van der Waals surface area contributed by atoms with E-state index in [1.54, 1.807) is 18.2 Å². The van der Waals surface area contributed by atoms with E-state index in [9.17, 15) is 9.90 Å². The number of benzene rings is 2. The Morgan fingerprint density at radius 2 is 1.86 bits per heavy atom. The van der Waals surface area contributed by atoms with E-state index in [2.05, 4.69) is 24.3 Å². The lowest BCUT2D eigenvalue weighted by Crippen LogP contribution is -2.21. The van der Waals surface area contributed by atoms with Gasteiger partial charge in [-0.05, 0) is 48.9 Å². The van der Waals surface area contributed by atoms with Gasteiger partial charge >= 0.3 is 0 Å². The van der Waals surface area contributed by atoms with Gasteiger partial charge in [0.05, 0.1) is 5.56 Å². The summed E-state index contributed by atoms with van der Waals surface area (Å²) in [7, 11) is 0. The number of carbonyl (C=O) groups excluding carboxylic acids is 1. The van der Waals surface area contributed by atoms with Crippen molar-refractivity contribution in [2.24, 2.45) is 5.92 Å². The Labute approximate surface area is 124 Å². The van der Waals surface area contributed by atoms with Crippen molar-refractivity contribution in [2.45, 2.75) is 31.1 Å². The molecule has 2 atom stereocenters. The van der Waals surface area contributed by atoms with Gasteiger partial charge in [0, 0.05) is 11.3 Å². The maximum absolute atomic E-state index is 12.8. The number of rotatable bonds is 2. The molecule has 0 bridgehead atoms. The molecule has 0 radical (unpaired) electrons. The summed E-state index contributed by atoms with van der Waals surface area (Å²) < 4.78 is 0. The van der Waals surface area contributed by atoms with Crippen molar-refractivity contribution in [2.75, 3.05) is 0 Å². The molecule has 0 unspecified atom stereocenters. The largest absolute Gasteiger partial charge is 0.507 e. The Kier molecular flexibility index (Phi) is 2.68. The van der Waals surface area contributed by atoms with Crippen LogP contribution in [0.15, 0.2) is 48.5 Å². The van der Waals surface area contributed by atoms with E-state index in [0.717, 1.165) is 25.7 Å². The molecule has 2 aromatic rings. The van der Waals surface area contributed by atoms with E-state index in [1.807, 2.05) is 6.07 Å². The number of hydrogen-bond acceptors (Lipinski definition) is 2. The molecule has 1 fully saturated rings. The maximum Gasteiger partial charge on any atom is 0.170 e. The molecule has 2 aliphatic rings. The lowest BCUT2D eigenvalue weighted by atomic mass is 9.78. The number of para-hydroxylation sites is 1. The van der Waals surface area contributed by atoms with Gasteiger partial charge in [-0.3, -0.25) is 4.79 Å². The number of aryl methyl sites for hydroxylation is 1. The third kappa shape index (κ3) is 1.82. The van der Waals surface area contributed by atoms with Gasteiger partial charge in [-0.15, -0.1) is 0 Å². The smallest absolute Gasteiger partial charge is 0.170 e. The third-order valence-electron chi connectivity index (χ3n) is 5.18. The fourth-order valence-corrected chi connectivity index (χ4v) is 4.05. The normalized spacial score (nSPS) is 26.4. The van der Waals surface area contributed by atoms with Crippen LogP contribution in [-0.2, 0) is 11.8 Å². The number of ketones is 1. The fourth-order valence-electron chi connectivity index (χ4n) is 4.05. The van der Waals surface area contributed by atoms with Gasteiger partial charge in [0.1, 0.15) is 5.75 Å². The van der Waals surface area contributed by atoms with Crippen LogP contribution in [-0.4, -0.2) is 10.9 Å². The number of fused-ring (bicyclic) bond motifs is 2. The van der Waals surface area contributed by atoms with Crippen molar-refractivity contribution in [3.63, 3.8) is 0 Å². The zero-order valence-corrected chi connectivity index (χ0v) is 11.9.